The summed E-state index contributed by atoms with van der Waals surface area (Å²) in [5, 5.41) is 5.16. The second-order valence-electron chi connectivity index (χ2n) is 4.89. The first-order chi connectivity index (χ1) is 11.0. The topological polar surface area (TPSA) is 47.4 Å². The summed E-state index contributed by atoms with van der Waals surface area (Å²) in [7, 11) is 1.65. The van der Waals surface area contributed by atoms with Crippen molar-refractivity contribution >= 4 is 33.7 Å². The predicted octanol–water partition coefficient (Wildman–Crippen LogP) is 4.42. The second kappa shape index (κ2) is 7.88. The maximum absolute atomic E-state index is 12.4. The first kappa shape index (κ1) is 17.9. The van der Waals surface area contributed by atoms with Gasteiger partial charge in [0.1, 0.15) is 10.8 Å². The quantitative estimate of drug-likeness (QED) is 0.748. The van der Waals surface area contributed by atoms with Gasteiger partial charge in [0, 0.05) is 13.1 Å². The van der Waals surface area contributed by atoms with Crippen LogP contribution in [-0.2, 0) is 0 Å². The van der Waals surface area contributed by atoms with Gasteiger partial charge in [0.15, 0.2) is 0 Å². The van der Waals surface area contributed by atoms with E-state index in [1.54, 1.807) is 18.2 Å². The lowest BCUT2D eigenvalue weighted by atomic mass is 10.2. The molecule has 2 aromatic rings. The van der Waals surface area contributed by atoms with Crippen molar-refractivity contribution in [1.29, 1.82) is 0 Å². The highest BCUT2D eigenvalue weighted by atomic mass is 79.9. The van der Waals surface area contributed by atoms with Crippen LogP contribution in [0, 0.1) is 6.92 Å². The fraction of sp³-hybridized carbons (Fsp3) is 0.375. The molecule has 0 saturated carbocycles. The van der Waals surface area contributed by atoms with E-state index in [-0.39, 0.29) is 6.03 Å². The van der Waals surface area contributed by atoms with E-state index in [2.05, 4.69) is 21.0 Å². The number of carbonyl (C=O) groups is 1. The summed E-state index contributed by atoms with van der Waals surface area (Å²) >= 11 is 4.97. The molecule has 7 heteroatoms. The van der Waals surface area contributed by atoms with Gasteiger partial charge in [-0.25, -0.2) is 4.79 Å². The van der Waals surface area contributed by atoms with Crippen molar-refractivity contribution in [2.45, 2.75) is 30.7 Å². The molecule has 2 rings (SSSR count). The van der Waals surface area contributed by atoms with Crippen LogP contribution in [0.15, 0.2) is 38.8 Å². The molecule has 0 atom stereocenters. The Morgan fingerprint density at radius 1 is 1.39 bits per heavy atom. The number of nitrogens with zero attached hydrogens (tertiary/aromatic N) is 3. The lowest BCUT2D eigenvalue weighted by Crippen LogP contribution is -2.34. The summed E-state index contributed by atoms with van der Waals surface area (Å²) in [4.78, 5) is 15.1. The van der Waals surface area contributed by atoms with Crippen LogP contribution in [0.5, 0.6) is 5.75 Å². The molecule has 1 aromatic carbocycles. The normalized spacial score (nSPS) is 10.7. The standard InChI is InChI=1S/C16H20BrN3O2S/c1-5-19(6-2)16(21)20-10-12(17)15(18-20)23-14-11(3)8-7-9-13(14)22-4/h7-10H,5-6H2,1-4H3. The number of rotatable bonds is 5. The van der Waals surface area contributed by atoms with Gasteiger partial charge < -0.3 is 9.64 Å². The molecule has 0 aliphatic carbocycles. The van der Waals surface area contributed by atoms with Crippen molar-refractivity contribution in [1.82, 2.24) is 14.7 Å². The Kier molecular flexibility index (Phi) is 6.12. The number of methoxy groups -OCH3 is 1. The summed E-state index contributed by atoms with van der Waals surface area (Å²) in [5.41, 5.74) is 1.10. The lowest BCUT2D eigenvalue weighted by Gasteiger charge is -2.17. The van der Waals surface area contributed by atoms with Gasteiger partial charge in [0.05, 0.1) is 22.7 Å². The fourth-order valence-electron chi connectivity index (χ4n) is 2.16. The zero-order valence-electron chi connectivity index (χ0n) is 13.7. The third-order valence-corrected chi connectivity index (χ3v) is 5.53. The van der Waals surface area contributed by atoms with E-state index in [1.165, 1.54) is 16.4 Å². The van der Waals surface area contributed by atoms with Crippen molar-refractivity contribution < 1.29 is 9.53 Å². The molecule has 124 valence electrons. The Morgan fingerprint density at radius 2 is 2.09 bits per heavy atom. The third kappa shape index (κ3) is 3.90. The number of hydrogen-bond acceptors (Lipinski definition) is 4. The molecule has 0 N–H and O–H groups in total. The van der Waals surface area contributed by atoms with Crippen LogP contribution in [0.4, 0.5) is 4.79 Å². The van der Waals surface area contributed by atoms with E-state index in [9.17, 15) is 4.79 Å². The number of ether oxygens (including phenoxy) is 1. The van der Waals surface area contributed by atoms with E-state index in [0.717, 1.165) is 25.7 Å². The predicted molar refractivity (Wildman–Crippen MR) is 95.5 cm³/mol. The first-order valence-corrected chi connectivity index (χ1v) is 8.98. The molecule has 0 bridgehead atoms. The van der Waals surface area contributed by atoms with Crippen LogP contribution in [0.2, 0.25) is 0 Å². The zero-order chi connectivity index (χ0) is 17.0. The van der Waals surface area contributed by atoms with Gasteiger partial charge in [-0.1, -0.05) is 23.9 Å². The van der Waals surface area contributed by atoms with Crippen molar-refractivity contribution in [3.8, 4) is 5.75 Å². The summed E-state index contributed by atoms with van der Waals surface area (Å²) in [6.45, 7) is 7.24. The monoisotopic (exact) mass is 397 g/mol. The van der Waals surface area contributed by atoms with Crippen LogP contribution in [0.3, 0.4) is 0 Å². The molecule has 0 aliphatic rings. The molecule has 23 heavy (non-hydrogen) atoms. The second-order valence-corrected chi connectivity index (χ2v) is 6.74. The van der Waals surface area contributed by atoms with E-state index in [4.69, 9.17) is 4.74 Å². The summed E-state index contributed by atoms with van der Waals surface area (Å²) < 4.78 is 7.58. The molecule has 0 unspecified atom stereocenters. The van der Waals surface area contributed by atoms with Gasteiger partial charge in [-0.15, -0.1) is 0 Å². The van der Waals surface area contributed by atoms with Crippen molar-refractivity contribution in [2.24, 2.45) is 0 Å². The summed E-state index contributed by atoms with van der Waals surface area (Å²) in [6, 6.07) is 5.77. The SMILES string of the molecule is CCN(CC)C(=O)n1cc(Br)c(Sc2c(C)cccc2OC)n1. The van der Waals surface area contributed by atoms with Crippen molar-refractivity contribution in [2.75, 3.05) is 20.2 Å². The average Bonchev–Trinajstić information content (AvgIpc) is 2.91. The average molecular weight is 398 g/mol. The minimum atomic E-state index is -0.126. The van der Waals surface area contributed by atoms with Gasteiger partial charge in [0.25, 0.3) is 0 Å². The lowest BCUT2D eigenvalue weighted by molar-refractivity contribution is 0.201. The van der Waals surface area contributed by atoms with Gasteiger partial charge in [-0.2, -0.15) is 9.78 Å². The van der Waals surface area contributed by atoms with Crippen molar-refractivity contribution in [3.63, 3.8) is 0 Å². The van der Waals surface area contributed by atoms with Gasteiger partial charge in [-0.3, -0.25) is 0 Å². The summed E-state index contributed by atoms with van der Waals surface area (Å²) in [6.07, 6.45) is 1.70. The molecule has 1 aromatic heterocycles. The third-order valence-electron chi connectivity index (χ3n) is 3.46. The number of benzene rings is 1. The molecular weight excluding hydrogens is 378 g/mol. The molecule has 0 spiro atoms. The molecule has 5 nitrogen and oxygen atoms in total. The van der Waals surface area contributed by atoms with Crippen LogP contribution in [-0.4, -0.2) is 40.9 Å². The molecule has 1 amide bonds. The maximum Gasteiger partial charge on any atom is 0.344 e. The van der Waals surface area contributed by atoms with Crippen LogP contribution >= 0.6 is 27.7 Å². The van der Waals surface area contributed by atoms with Crippen molar-refractivity contribution in [3.05, 3.63) is 34.4 Å². The van der Waals surface area contributed by atoms with E-state index in [1.807, 2.05) is 39.0 Å². The Bertz CT molecular complexity index is 699. The zero-order valence-corrected chi connectivity index (χ0v) is 16.1. The highest BCUT2D eigenvalue weighted by molar-refractivity contribution is 9.10. The first-order valence-electron chi connectivity index (χ1n) is 7.37. The number of aromatic nitrogens is 2. The molecular formula is C16H20BrN3O2S. The minimum absolute atomic E-state index is 0.126. The van der Waals surface area contributed by atoms with Crippen LogP contribution in [0.25, 0.3) is 0 Å². The number of carbonyl (C=O) groups excluding carboxylic acids is 1. The van der Waals surface area contributed by atoms with Crippen LogP contribution < -0.4 is 4.74 Å². The summed E-state index contributed by atoms with van der Waals surface area (Å²) in [5.74, 6) is 0.798. The molecule has 0 fully saturated rings. The highest BCUT2D eigenvalue weighted by Gasteiger charge is 2.18. The van der Waals surface area contributed by atoms with E-state index >= 15 is 0 Å². The Hall–Kier alpha value is -1.47. The Balaban J connectivity index is 2.31. The number of aryl methyl sites for hydroxylation is 1. The fourth-order valence-corrected chi connectivity index (χ4v) is 3.63. The largest absolute Gasteiger partial charge is 0.496 e. The van der Waals surface area contributed by atoms with Gasteiger partial charge >= 0.3 is 6.03 Å². The highest BCUT2D eigenvalue weighted by Crippen LogP contribution is 2.39. The minimum Gasteiger partial charge on any atom is -0.496 e. The molecule has 0 aliphatic heterocycles. The Morgan fingerprint density at radius 3 is 2.70 bits per heavy atom. The molecule has 0 radical (unpaired) electrons. The van der Waals surface area contributed by atoms with Gasteiger partial charge in [0.2, 0.25) is 0 Å². The Labute approximate surface area is 149 Å². The number of halogens is 1. The molecule has 0 saturated heterocycles. The van der Waals surface area contributed by atoms with Gasteiger partial charge in [-0.05, 0) is 48.3 Å². The maximum atomic E-state index is 12.4. The van der Waals surface area contributed by atoms with Crippen LogP contribution in [0.1, 0.15) is 19.4 Å². The van der Waals surface area contributed by atoms with E-state index < -0.39 is 0 Å². The molecule has 1 heterocycles. The number of amides is 1. The number of hydrogen-bond donors (Lipinski definition) is 0. The van der Waals surface area contributed by atoms with E-state index in [0.29, 0.717) is 13.1 Å². The smallest absolute Gasteiger partial charge is 0.344 e.